The standard InChI is InChI=1S/C13H21N3O3/c1-16(2)12-5-4-9(14)6-11(12)13(18)15-10(7-17)8-19-3/h4-6,10,17H,7-8,14H2,1-3H3,(H,15,18). The van der Waals surface area contributed by atoms with E-state index in [4.69, 9.17) is 15.6 Å². The second-order valence-electron chi connectivity index (χ2n) is 4.48. The molecule has 6 heteroatoms. The van der Waals surface area contributed by atoms with Crippen LogP contribution in [0.4, 0.5) is 11.4 Å². The molecule has 0 saturated carbocycles. The molecule has 0 aliphatic heterocycles. The molecule has 4 N–H and O–H groups in total. The molecular weight excluding hydrogens is 246 g/mol. The van der Waals surface area contributed by atoms with Gasteiger partial charge in [0.25, 0.3) is 5.91 Å². The normalized spacial score (nSPS) is 12.0. The molecule has 0 heterocycles. The van der Waals surface area contributed by atoms with Crippen LogP contribution in [-0.2, 0) is 4.74 Å². The van der Waals surface area contributed by atoms with Gasteiger partial charge in [-0.3, -0.25) is 4.79 Å². The number of rotatable bonds is 6. The average Bonchev–Trinajstić information content (AvgIpc) is 2.37. The number of carbonyl (C=O) groups is 1. The van der Waals surface area contributed by atoms with Crippen molar-refractivity contribution in [3.63, 3.8) is 0 Å². The molecule has 0 aliphatic rings. The van der Waals surface area contributed by atoms with E-state index in [0.717, 1.165) is 5.69 Å². The fourth-order valence-electron chi connectivity index (χ4n) is 1.73. The first-order chi connectivity index (χ1) is 8.99. The summed E-state index contributed by atoms with van der Waals surface area (Å²) in [5.41, 5.74) is 7.47. The zero-order valence-corrected chi connectivity index (χ0v) is 11.5. The number of methoxy groups -OCH3 is 1. The van der Waals surface area contributed by atoms with E-state index >= 15 is 0 Å². The summed E-state index contributed by atoms with van der Waals surface area (Å²) in [6, 6.07) is 4.71. The Hall–Kier alpha value is -1.79. The van der Waals surface area contributed by atoms with Crippen LogP contribution < -0.4 is 16.0 Å². The third-order valence-corrected chi connectivity index (χ3v) is 2.67. The first kappa shape index (κ1) is 15.3. The number of nitrogens with zero attached hydrogens (tertiary/aromatic N) is 1. The van der Waals surface area contributed by atoms with Crippen molar-refractivity contribution in [1.82, 2.24) is 5.32 Å². The van der Waals surface area contributed by atoms with Crippen molar-refractivity contribution < 1.29 is 14.6 Å². The fourth-order valence-corrected chi connectivity index (χ4v) is 1.73. The van der Waals surface area contributed by atoms with Gasteiger partial charge in [-0.05, 0) is 18.2 Å². The van der Waals surface area contributed by atoms with E-state index in [2.05, 4.69) is 5.32 Å². The lowest BCUT2D eigenvalue weighted by Gasteiger charge is -2.20. The van der Waals surface area contributed by atoms with Crippen LogP contribution in [0.5, 0.6) is 0 Å². The summed E-state index contributed by atoms with van der Waals surface area (Å²) in [6.07, 6.45) is 0. The van der Waals surface area contributed by atoms with Crippen LogP contribution in [-0.4, -0.2) is 51.5 Å². The van der Waals surface area contributed by atoms with E-state index in [1.807, 2.05) is 19.0 Å². The SMILES string of the molecule is COCC(CO)NC(=O)c1cc(N)ccc1N(C)C. The summed E-state index contributed by atoms with van der Waals surface area (Å²) >= 11 is 0. The first-order valence-corrected chi connectivity index (χ1v) is 5.97. The highest BCUT2D eigenvalue weighted by molar-refractivity contribution is 6.00. The third-order valence-electron chi connectivity index (χ3n) is 2.67. The maximum Gasteiger partial charge on any atom is 0.253 e. The highest BCUT2D eigenvalue weighted by Gasteiger charge is 2.17. The molecule has 0 radical (unpaired) electrons. The van der Waals surface area contributed by atoms with Crippen molar-refractivity contribution in [2.45, 2.75) is 6.04 Å². The third kappa shape index (κ3) is 4.11. The average molecular weight is 267 g/mol. The number of amides is 1. The second kappa shape index (κ2) is 6.96. The number of ether oxygens (including phenoxy) is 1. The minimum Gasteiger partial charge on any atom is -0.399 e. The lowest BCUT2D eigenvalue weighted by atomic mass is 10.1. The maximum absolute atomic E-state index is 12.2. The largest absolute Gasteiger partial charge is 0.399 e. The minimum absolute atomic E-state index is 0.181. The highest BCUT2D eigenvalue weighted by atomic mass is 16.5. The van der Waals surface area contributed by atoms with Gasteiger partial charge >= 0.3 is 0 Å². The van der Waals surface area contributed by atoms with Crippen molar-refractivity contribution >= 4 is 17.3 Å². The smallest absolute Gasteiger partial charge is 0.253 e. The molecule has 0 fully saturated rings. The molecule has 0 saturated heterocycles. The van der Waals surface area contributed by atoms with Crippen LogP contribution in [0.25, 0.3) is 0 Å². The Morgan fingerprint density at radius 1 is 1.53 bits per heavy atom. The molecule has 0 spiro atoms. The predicted octanol–water partition coefficient (Wildman–Crippen LogP) is 0.0719. The monoisotopic (exact) mass is 267 g/mol. The lowest BCUT2D eigenvalue weighted by Crippen LogP contribution is -2.41. The van der Waals surface area contributed by atoms with Crippen molar-refractivity contribution in [1.29, 1.82) is 0 Å². The number of hydrogen-bond acceptors (Lipinski definition) is 5. The topological polar surface area (TPSA) is 87.8 Å². The van der Waals surface area contributed by atoms with Gasteiger partial charge in [0.15, 0.2) is 0 Å². The van der Waals surface area contributed by atoms with Crippen molar-refractivity contribution in [3.8, 4) is 0 Å². The van der Waals surface area contributed by atoms with Crippen LogP contribution in [0.15, 0.2) is 18.2 Å². The Morgan fingerprint density at radius 2 is 2.21 bits per heavy atom. The fraction of sp³-hybridized carbons (Fsp3) is 0.462. The van der Waals surface area contributed by atoms with E-state index in [-0.39, 0.29) is 19.1 Å². The second-order valence-corrected chi connectivity index (χ2v) is 4.48. The van der Waals surface area contributed by atoms with E-state index in [1.165, 1.54) is 7.11 Å². The Labute approximate surface area is 113 Å². The van der Waals surface area contributed by atoms with Gasteiger partial charge in [0, 0.05) is 32.6 Å². The van der Waals surface area contributed by atoms with Gasteiger partial charge in [0.05, 0.1) is 24.8 Å². The molecule has 1 atom stereocenters. The molecule has 6 nitrogen and oxygen atoms in total. The number of benzene rings is 1. The van der Waals surface area contributed by atoms with Crippen LogP contribution in [0, 0.1) is 0 Å². The summed E-state index contributed by atoms with van der Waals surface area (Å²) in [7, 11) is 5.21. The zero-order valence-electron chi connectivity index (χ0n) is 11.5. The molecule has 1 unspecified atom stereocenters. The number of nitrogen functional groups attached to an aromatic ring is 1. The highest BCUT2D eigenvalue weighted by Crippen LogP contribution is 2.21. The molecule has 1 aromatic carbocycles. The Balaban J connectivity index is 2.94. The molecule has 1 amide bonds. The molecule has 0 aromatic heterocycles. The molecule has 0 bridgehead atoms. The molecule has 19 heavy (non-hydrogen) atoms. The number of nitrogens with two attached hydrogens (primary N) is 1. The van der Waals surface area contributed by atoms with Gasteiger partial charge in [-0.15, -0.1) is 0 Å². The lowest BCUT2D eigenvalue weighted by molar-refractivity contribution is 0.0840. The van der Waals surface area contributed by atoms with Gasteiger partial charge in [-0.2, -0.15) is 0 Å². The predicted molar refractivity (Wildman–Crippen MR) is 75.4 cm³/mol. The van der Waals surface area contributed by atoms with E-state index in [0.29, 0.717) is 11.3 Å². The van der Waals surface area contributed by atoms with Crippen LogP contribution in [0.3, 0.4) is 0 Å². The first-order valence-electron chi connectivity index (χ1n) is 5.97. The van der Waals surface area contributed by atoms with Crippen LogP contribution in [0.2, 0.25) is 0 Å². The number of anilines is 2. The molecule has 1 rings (SSSR count). The quantitative estimate of drug-likeness (QED) is 0.635. The molecule has 1 aromatic rings. The van der Waals surface area contributed by atoms with Gasteiger partial charge in [0.2, 0.25) is 0 Å². The van der Waals surface area contributed by atoms with Crippen LogP contribution in [0.1, 0.15) is 10.4 Å². The van der Waals surface area contributed by atoms with E-state index < -0.39 is 6.04 Å². The Bertz CT molecular complexity index is 435. The Morgan fingerprint density at radius 3 is 2.74 bits per heavy atom. The number of carbonyl (C=O) groups excluding carboxylic acids is 1. The molecular formula is C13H21N3O3. The number of nitrogens with one attached hydrogen (secondary N) is 1. The summed E-state index contributed by atoms with van der Waals surface area (Å²) in [4.78, 5) is 14.0. The van der Waals surface area contributed by atoms with E-state index in [9.17, 15) is 4.79 Å². The summed E-state index contributed by atoms with van der Waals surface area (Å²) < 4.78 is 4.92. The van der Waals surface area contributed by atoms with Gasteiger partial charge in [-0.1, -0.05) is 0 Å². The van der Waals surface area contributed by atoms with Crippen molar-refractivity contribution in [2.75, 3.05) is 45.1 Å². The van der Waals surface area contributed by atoms with E-state index in [1.54, 1.807) is 18.2 Å². The summed E-state index contributed by atoms with van der Waals surface area (Å²) in [6.45, 7) is 0.0705. The van der Waals surface area contributed by atoms with Crippen LogP contribution >= 0.6 is 0 Å². The van der Waals surface area contributed by atoms with Gasteiger partial charge < -0.3 is 25.8 Å². The summed E-state index contributed by atoms with van der Waals surface area (Å²) in [5.74, 6) is -0.285. The minimum atomic E-state index is -0.436. The maximum atomic E-state index is 12.2. The Kier molecular flexibility index (Phi) is 5.59. The molecule has 0 aliphatic carbocycles. The zero-order chi connectivity index (χ0) is 14.4. The van der Waals surface area contributed by atoms with Crippen molar-refractivity contribution in [3.05, 3.63) is 23.8 Å². The summed E-state index contributed by atoms with van der Waals surface area (Å²) in [5, 5.41) is 11.9. The number of aliphatic hydroxyl groups is 1. The molecule has 106 valence electrons. The van der Waals surface area contributed by atoms with Gasteiger partial charge in [0.1, 0.15) is 0 Å². The van der Waals surface area contributed by atoms with Crippen molar-refractivity contribution in [2.24, 2.45) is 0 Å². The number of aliphatic hydroxyl groups excluding tert-OH is 1. The number of hydrogen-bond donors (Lipinski definition) is 3. The van der Waals surface area contributed by atoms with Gasteiger partial charge in [-0.25, -0.2) is 0 Å².